The largest absolute Gasteiger partial charge is 0.353 e. The van der Waals surface area contributed by atoms with Crippen LogP contribution in [0.25, 0.3) is 11.2 Å². The van der Waals surface area contributed by atoms with Crippen LogP contribution in [0.15, 0.2) is 61.3 Å². The average molecular weight is 387 g/mol. The van der Waals surface area contributed by atoms with Crippen molar-refractivity contribution in [2.75, 3.05) is 18.0 Å². The lowest BCUT2D eigenvalue weighted by molar-refractivity contribution is 0.0930. The van der Waals surface area contributed by atoms with Crippen molar-refractivity contribution in [2.45, 2.75) is 19.4 Å². The van der Waals surface area contributed by atoms with Crippen LogP contribution in [0.1, 0.15) is 22.6 Å². The Morgan fingerprint density at radius 1 is 1.14 bits per heavy atom. The predicted molar refractivity (Wildman–Crippen MR) is 109 cm³/mol. The van der Waals surface area contributed by atoms with Crippen molar-refractivity contribution in [3.05, 3.63) is 72.7 Å². The minimum atomic E-state index is -0.252. The van der Waals surface area contributed by atoms with Gasteiger partial charge in [0.1, 0.15) is 6.33 Å². The van der Waals surface area contributed by atoms with Gasteiger partial charge in [0.05, 0.1) is 11.2 Å². The highest BCUT2D eigenvalue weighted by atomic mass is 16.2. The fourth-order valence-electron chi connectivity index (χ4n) is 3.82. The summed E-state index contributed by atoms with van der Waals surface area (Å²) in [5, 5.41) is 7.42. The van der Waals surface area contributed by atoms with Crippen LogP contribution in [0.5, 0.6) is 0 Å². The molecule has 4 heterocycles. The Balaban J connectivity index is 1.28. The van der Waals surface area contributed by atoms with Crippen LogP contribution in [0, 0.1) is 6.92 Å². The zero-order chi connectivity index (χ0) is 19.8. The van der Waals surface area contributed by atoms with Crippen molar-refractivity contribution in [3.63, 3.8) is 0 Å². The first kappa shape index (κ1) is 17.4. The molecule has 146 valence electrons. The zero-order valence-corrected chi connectivity index (χ0v) is 16.1. The molecule has 1 atom stereocenters. The van der Waals surface area contributed by atoms with Crippen molar-refractivity contribution in [1.29, 1.82) is 0 Å². The second-order valence-electron chi connectivity index (χ2n) is 7.26. The smallest absolute Gasteiger partial charge is 0.291 e. The second-order valence-corrected chi connectivity index (χ2v) is 7.26. The molecule has 4 aromatic rings. The first-order chi connectivity index (χ1) is 14.2. The molecular formula is C21H21N7O. The summed E-state index contributed by atoms with van der Waals surface area (Å²) in [6.45, 7) is 3.56. The van der Waals surface area contributed by atoms with E-state index in [0.717, 1.165) is 35.6 Å². The molecule has 0 aliphatic carbocycles. The number of amides is 1. The molecule has 8 heteroatoms. The quantitative estimate of drug-likeness (QED) is 0.581. The molecule has 1 fully saturated rings. The van der Waals surface area contributed by atoms with Gasteiger partial charge in [0.2, 0.25) is 5.82 Å². The monoisotopic (exact) mass is 387 g/mol. The van der Waals surface area contributed by atoms with Gasteiger partial charge >= 0.3 is 0 Å². The molecule has 5 rings (SSSR count). The number of hydrogen-bond donors (Lipinski definition) is 1. The molecule has 1 amide bonds. The Morgan fingerprint density at radius 3 is 2.93 bits per heavy atom. The number of aryl methyl sites for hydroxylation is 1. The summed E-state index contributed by atoms with van der Waals surface area (Å²) in [6, 6.07) is 12.0. The van der Waals surface area contributed by atoms with Gasteiger partial charge in [0, 0.05) is 37.7 Å². The standard InChI is InChI=1S/C21H21N7O/c1-15-5-2-3-6-17(15)28-14-23-19(25-28)21(29)24-16-8-11-27(13-16)20-18-7-4-10-26(18)12-9-22-20/h2-7,9-10,12,14,16H,8,11,13H2,1H3,(H,24,29)/t16-/m0/s1. The number of carbonyl (C=O) groups is 1. The molecule has 0 unspecified atom stereocenters. The van der Waals surface area contributed by atoms with E-state index in [1.807, 2.05) is 49.6 Å². The van der Waals surface area contributed by atoms with Gasteiger partial charge in [0.15, 0.2) is 5.82 Å². The van der Waals surface area contributed by atoms with Gasteiger partial charge in [-0.15, -0.1) is 5.10 Å². The number of benzene rings is 1. The summed E-state index contributed by atoms with van der Waals surface area (Å²) in [7, 11) is 0. The maximum atomic E-state index is 12.7. The molecule has 1 aliphatic rings. The number of hydrogen-bond acceptors (Lipinski definition) is 5. The van der Waals surface area contributed by atoms with E-state index >= 15 is 0 Å². The molecular weight excluding hydrogens is 366 g/mol. The minimum absolute atomic E-state index is 0.0323. The van der Waals surface area contributed by atoms with Crippen molar-refractivity contribution in [1.82, 2.24) is 29.5 Å². The predicted octanol–water partition coefficient (Wildman–Crippen LogP) is 2.23. The topological polar surface area (TPSA) is 80.4 Å². The maximum Gasteiger partial charge on any atom is 0.291 e. The van der Waals surface area contributed by atoms with E-state index in [2.05, 4.69) is 35.8 Å². The highest BCUT2D eigenvalue weighted by Gasteiger charge is 2.27. The van der Waals surface area contributed by atoms with E-state index < -0.39 is 0 Å². The first-order valence-electron chi connectivity index (χ1n) is 9.64. The third-order valence-corrected chi connectivity index (χ3v) is 5.31. The van der Waals surface area contributed by atoms with Crippen molar-refractivity contribution in [2.24, 2.45) is 0 Å². The third-order valence-electron chi connectivity index (χ3n) is 5.31. The van der Waals surface area contributed by atoms with Crippen LogP contribution in [-0.4, -0.2) is 49.2 Å². The Morgan fingerprint density at radius 2 is 2.03 bits per heavy atom. The first-order valence-corrected chi connectivity index (χ1v) is 9.64. The molecule has 8 nitrogen and oxygen atoms in total. The highest BCUT2D eigenvalue weighted by Crippen LogP contribution is 2.23. The van der Waals surface area contributed by atoms with Crippen LogP contribution in [0.4, 0.5) is 5.82 Å². The second kappa shape index (κ2) is 7.05. The lowest BCUT2D eigenvalue weighted by Gasteiger charge is -2.18. The van der Waals surface area contributed by atoms with Gasteiger partial charge in [-0.2, -0.15) is 0 Å². The molecule has 1 N–H and O–H groups in total. The van der Waals surface area contributed by atoms with Crippen molar-refractivity contribution in [3.8, 4) is 5.69 Å². The van der Waals surface area contributed by atoms with Gasteiger partial charge in [-0.05, 0) is 37.1 Å². The number of nitrogens with zero attached hydrogens (tertiary/aromatic N) is 6. The van der Waals surface area contributed by atoms with Crippen molar-refractivity contribution < 1.29 is 4.79 Å². The van der Waals surface area contributed by atoms with Gasteiger partial charge < -0.3 is 14.6 Å². The number of fused-ring (bicyclic) bond motifs is 1. The number of aromatic nitrogens is 5. The number of anilines is 1. The van der Waals surface area contributed by atoms with Crippen LogP contribution in [-0.2, 0) is 0 Å². The van der Waals surface area contributed by atoms with Crippen LogP contribution >= 0.6 is 0 Å². The molecule has 0 radical (unpaired) electrons. The van der Waals surface area contributed by atoms with Crippen LogP contribution < -0.4 is 10.2 Å². The summed E-state index contributed by atoms with van der Waals surface area (Å²) < 4.78 is 3.69. The molecule has 3 aromatic heterocycles. The zero-order valence-electron chi connectivity index (χ0n) is 16.1. The fourth-order valence-corrected chi connectivity index (χ4v) is 3.82. The lowest BCUT2D eigenvalue weighted by atomic mass is 10.2. The Hall–Kier alpha value is -3.68. The summed E-state index contributed by atoms with van der Waals surface area (Å²) >= 11 is 0. The molecule has 0 bridgehead atoms. The summed E-state index contributed by atoms with van der Waals surface area (Å²) in [4.78, 5) is 23.6. The van der Waals surface area contributed by atoms with Gasteiger partial charge in [-0.1, -0.05) is 18.2 Å². The Labute approximate surface area is 167 Å². The van der Waals surface area contributed by atoms with Crippen LogP contribution in [0.3, 0.4) is 0 Å². The van der Waals surface area contributed by atoms with Gasteiger partial charge in [0.25, 0.3) is 5.91 Å². The number of para-hydroxylation sites is 1. The maximum absolute atomic E-state index is 12.7. The Kier molecular flexibility index (Phi) is 4.23. The third kappa shape index (κ3) is 3.22. The molecule has 1 aromatic carbocycles. The van der Waals surface area contributed by atoms with E-state index in [1.165, 1.54) is 0 Å². The van der Waals surface area contributed by atoms with E-state index in [4.69, 9.17) is 0 Å². The lowest BCUT2D eigenvalue weighted by Crippen LogP contribution is -2.37. The summed E-state index contributed by atoms with van der Waals surface area (Å²) in [5.74, 6) is 0.868. The average Bonchev–Trinajstić information content (AvgIpc) is 3.48. The van der Waals surface area contributed by atoms with E-state index in [0.29, 0.717) is 6.54 Å². The van der Waals surface area contributed by atoms with Gasteiger partial charge in [-0.25, -0.2) is 14.6 Å². The molecule has 0 saturated carbocycles. The number of carbonyl (C=O) groups excluding carboxylic acids is 1. The summed E-state index contributed by atoms with van der Waals surface area (Å²) in [6.07, 6.45) is 8.18. The van der Waals surface area contributed by atoms with Crippen molar-refractivity contribution >= 4 is 17.2 Å². The SMILES string of the molecule is Cc1ccccc1-n1cnc(C(=O)N[C@H]2CCN(c3nccn4cccc34)C2)n1. The van der Waals surface area contributed by atoms with E-state index in [1.54, 1.807) is 17.2 Å². The molecule has 0 spiro atoms. The number of rotatable bonds is 4. The highest BCUT2D eigenvalue weighted by molar-refractivity contribution is 5.90. The Bertz CT molecular complexity index is 1180. The normalized spacial score (nSPS) is 16.4. The molecule has 29 heavy (non-hydrogen) atoms. The minimum Gasteiger partial charge on any atom is -0.353 e. The fraction of sp³-hybridized carbons (Fsp3) is 0.238. The molecule has 1 aliphatic heterocycles. The van der Waals surface area contributed by atoms with E-state index in [9.17, 15) is 4.79 Å². The summed E-state index contributed by atoms with van der Waals surface area (Å²) in [5.41, 5.74) is 3.05. The van der Waals surface area contributed by atoms with E-state index in [-0.39, 0.29) is 17.8 Å². The van der Waals surface area contributed by atoms with Crippen LogP contribution in [0.2, 0.25) is 0 Å². The molecule has 1 saturated heterocycles. The van der Waals surface area contributed by atoms with Gasteiger partial charge in [-0.3, -0.25) is 4.79 Å². The number of nitrogens with one attached hydrogen (secondary N) is 1.